The second-order valence-corrected chi connectivity index (χ2v) is 3.99. The summed E-state index contributed by atoms with van der Waals surface area (Å²) >= 11 is 3.18. The highest BCUT2D eigenvalue weighted by molar-refractivity contribution is 9.09. The van der Waals surface area contributed by atoms with Gasteiger partial charge in [-0.3, -0.25) is 4.79 Å². The van der Waals surface area contributed by atoms with Crippen molar-refractivity contribution in [2.24, 2.45) is 5.92 Å². The molecule has 0 aromatic heterocycles. The molecule has 0 aliphatic carbocycles. The highest BCUT2D eigenvalue weighted by Gasteiger charge is 2.00. The monoisotopic (exact) mass is 236 g/mol. The van der Waals surface area contributed by atoms with Gasteiger partial charge in [0.25, 0.3) is 0 Å². The molecule has 0 aliphatic rings. The van der Waals surface area contributed by atoms with Gasteiger partial charge in [0, 0.05) is 5.33 Å². The predicted octanol–water partition coefficient (Wildman–Crippen LogP) is 2.75. The highest BCUT2D eigenvalue weighted by atomic mass is 79.9. The first-order valence-corrected chi connectivity index (χ1v) is 5.50. The number of ether oxygens (including phenoxy) is 1. The number of alkyl halides is 1. The van der Waals surface area contributed by atoms with Crippen LogP contribution in [0.1, 0.15) is 33.1 Å². The minimum atomic E-state index is -0.101. The Hall–Kier alpha value is -0.0500. The maximum atomic E-state index is 10.8. The minimum Gasteiger partial charge on any atom is -0.466 e. The van der Waals surface area contributed by atoms with Crippen molar-refractivity contribution in [2.75, 3.05) is 11.9 Å². The van der Waals surface area contributed by atoms with E-state index in [-0.39, 0.29) is 5.97 Å². The molecule has 0 radical (unpaired) electrons. The van der Waals surface area contributed by atoms with Crippen molar-refractivity contribution in [1.82, 2.24) is 0 Å². The number of esters is 1. The van der Waals surface area contributed by atoms with Crippen LogP contribution in [0.4, 0.5) is 0 Å². The first-order chi connectivity index (χ1) is 5.66. The SMILES string of the molecule is CC(C)CCCOC(=O)CCBr. The number of carbonyl (C=O) groups excluding carboxylic acids is 1. The second-order valence-electron chi connectivity index (χ2n) is 3.20. The van der Waals surface area contributed by atoms with Gasteiger partial charge in [-0.2, -0.15) is 0 Å². The van der Waals surface area contributed by atoms with E-state index in [4.69, 9.17) is 4.74 Å². The molecule has 2 nitrogen and oxygen atoms in total. The van der Waals surface area contributed by atoms with Gasteiger partial charge in [-0.1, -0.05) is 29.8 Å². The number of hydrogen-bond acceptors (Lipinski definition) is 2. The molecule has 0 heterocycles. The van der Waals surface area contributed by atoms with Gasteiger partial charge >= 0.3 is 5.97 Å². The molecule has 0 unspecified atom stereocenters. The van der Waals surface area contributed by atoms with Crippen LogP contribution in [0, 0.1) is 5.92 Å². The summed E-state index contributed by atoms with van der Waals surface area (Å²) in [5.41, 5.74) is 0. The molecule has 0 saturated carbocycles. The topological polar surface area (TPSA) is 26.3 Å². The Morgan fingerprint density at radius 3 is 2.67 bits per heavy atom. The third-order valence-electron chi connectivity index (χ3n) is 1.49. The van der Waals surface area contributed by atoms with E-state index in [1.165, 1.54) is 0 Å². The van der Waals surface area contributed by atoms with Crippen LogP contribution in [0.15, 0.2) is 0 Å². The van der Waals surface area contributed by atoms with Crippen LogP contribution in [0.25, 0.3) is 0 Å². The molecule has 0 fully saturated rings. The lowest BCUT2D eigenvalue weighted by atomic mass is 10.1. The Kier molecular flexibility index (Phi) is 7.56. The predicted molar refractivity (Wildman–Crippen MR) is 53.4 cm³/mol. The maximum absolute atomic E-state index is 10.8. The van der Waals surface area contributed by atoms with Crippen molar-refractivity contribution in [3.63, 3.8) is 0 Å². The van der Waals surface area contributed by atoms with Crippen LogP contribution in [0.5, 0.6) is 0 Å². The zero-order chi connectivity index (χ0) is 9.40. The van der Waals surface area contributed by atoms with Crippen molar-refractivity contribution in [3.05, 3.63) is 0 Å². The van der Waals surface area contributed by atoms with Crippen LogP contribution < -0.4 is 0 Å². The zero-order valence-electron chi connectivity index (χ0n) is 7.81. The number of halogens is 1. The summed E-state index contributed by atoms with van der Waals surface area (Å²) in [7, 11) is 0. The van der Waals surface area contributed by atoms with E-state index in [0.29, 0.717) is 24.3 Å². The van der Waals surface area contributed by atoms with Gasteiger partial charge < -0.3 is 4.74 Å². The lowest BCUT2D eigenvalue weighted by molar-refractivity contribution is -0.143. The van der Waals surface area contributed by atoms with E-state index in [9.17, 15) is 4.79 Å². The lowest BCUT2D eigenvalue weighted by Gasteiger charge is -2.05. The Morgan fingerprint density at radius 1 is 1.50 bits per heavy atom. The summed E-state index contributed by atoms with van der Waals surface area (Å²) in [6.45, 7) is 4.91. The smallest absolute Gasteiger partial charge is 0.306 e. The molecular formula is C9H17BrO2. The van der Waals surface area contributed by atoms with E-state index in [1.807, 2.05) is 0 Å². The molecule has 0 saturated heterocycles. The van der Waals surface area contributed by atoms with Crippen LogP contribution >= 0.6 is 15.9 Å². The third kappa shape index (κ3) is 8.05. The summed E-state index contributed by atoms with van der Waals surface area (Å²) in [5.74, 6) is 0.593. The highest BCUT2D eigenvalue weighted by Crippen LogP contribution is 2.03. The Morgan fingerprint density at radius 2 is 2.17 bits per heavy atom. The first kappa shape index (κ1) is 11.9. The lowest BCUT2D eigenvalue weighted by Crippen LogP contribution is -2.06. The summed E-state index contributed by atoms with van der Waals surface area (Å²) in [4.78, 5) is 10.8. The first-order valence-electron chi connectivity index (χ1n) is 4.38. The van der Waals surface area contributed by atoms with Gasteiger partial charge in [-0.05, 0) is 18.8 Å². The van der Waals surface area contributed by atoms with Crippen LogP contribution in [-0.4, -0.2) is 17.9 Å². The van der Waals surface area contributed by atoms with Crippen molar-refractivity contribution in [3.8, 4) is 0 Å². The van der Waals surface area contributed by atoms with Crippen molar-refractivity contribution < 1.29 is 9.53 Å². The normalized spacial score (nSPS) is 10.3. The fraction of sp³-hybridized carbons (Fsp3) is 0.889. The minimum absolute atomic E-state index is 0.101. The van der Waals surface area contributed by atoms with Gasteiger partial charge in [0.2, 0.25) is 0 Å². The molecule has 12 heavy (non-hydrogen) atoms. The number of hydrogen-bond donors (Lipinski definition) is 0. The number of carbonyl (C=O) groups is 1. The summed E-state index contributed by atoms with van der Waals surface area (Å²) < 4.78 is 4.96. The molecule has 0 spiro atoms. The van der Waals surface area contributed by atoms with Crippen LogP contribution in [-0.2, 0) is 9.53 Å². The average Bonchev–Trinajstić information content (AvgIpc) is 1.98. The third-order valence-corrected chi connectivity index (χ3v) is 1.88. The number of rotatable bonds is 6. The fourth-order valence-electron chi connectivity index (χ4n) is 0.827. The van der Waals surface area contributed by atoms with Gasteiger partial charge in [-0.25, -0.2) is 0 Å². The van der Waals surface area contributed by atoms with E-state index in [1.54, 1.807) is 0 Å². The molecule has 0 aromatic rings. The van der Waals surface area contributed by atoms with Gasteiger partial charge in [0.1, 0.15) is 0 Å². The van der Waals surface area contributed by atoms with Crippen molar-refractivity contribution in [1.29, 1.82) is 0 Å². The molecule has 0 rings (SSSR count). The fourth-order valence-corrected chi connectivity index (χ4v) is 1.15. The van der Waals surface area contributed by atoms with Gasteiger partial charge in [0.05, 0.1) is 13.0 Å². The van der Waals surface area contributed by atoms with E-state index in [2.05, 4.69) is 29.8 Å². The largest absolute Gasteiger partial charge is 0.466 e. The van der Waals surface area contributed by atoms with E-state index >= 15 is 0 Å². The quantitative estimate of drug-likeness (QED) is 0.403. The Bertz CT molecular complexity index is 124. The summed E-state index contributed by atoms with van der Waals surface area (Å²) in [6.07, 6.45) is 2.58. The molecule has 72 valence electrons. The van der Waals surface area contributed by atoms with Crippen molar-refractivity contribution in [2.45, 2.75) is 33.1 Å². The van der Waals surface area contributed by atoms with E-state index < -0.39 is 0 Å². The molecule has 0 bridgehead atoms. The maximum Gasteiger partial charge on any atom is 0.306 e. The Balaban J connectivity index is 3.14. The molecule has 0 aromatic carbocycles. The van der Waals surface area contributed by atoms with Gasteiger partial charge in [0.15, 0.2) is 0 Å². The summed E-state index contributed by atoms with van der Waals surface area (Å²) in [6, 6.07) is 0. The van der Waals surface area contributed by atoms with Gasteiger partial charge in [-0.15, -0.1) is 0 Å². The summed E-state index contributed by atoms with van der Waals surface area (Å²) in [5, 5.41) is 0.690. The zero-order valence-corrected chi connectivity index (χ0v) is 9.39. The molecular weight excluding hydrogens is 220 g/mol. The van der Waals surface area contributed by atoms with Crippen molar-refractivity contribution >= 4 is 21.9 Å². The van der Waals surface area contributed by atoms with Crippen LogP contribution in [0.3, 0.4) is 0 Å². The molecule has 0 amide bonds. The molecule has 0 atom stereocenters. The van der Waals surface area contributed by atoms with E-state index in [0.717, 1.165) is 12.8 Å². The average molecular weight is 237 g/mol. The molecule has 3 heteroatoms. The van der Waals surface area contributed by atoms with Crippen LogP contribution in [0.2, 0.25) is 0 Å². The molecule has 0 aliphatic heterocycles. The Labute approximate surface area is 82.8 Å². The second kappa shape index (κ2) is 7.59. The standard InChI is InChI=1S/C9H17BrO2/c1-8(2)4-3-7-12-9(11)5-6-10/h8H,3-7H2,1-2H3. The molecule has 0 N–H and O–H groups in total.